The van der Waals surface area contributed by atoms with Gasteiger partial charge in [-0.05, 0) is 80.9 Å². The van der Waals surface area contributed by atoms with Crippen LogP contribution in [0.15, 0.2) is 200 Å². The zero-order valence-corrected chi connectivity index (χ0v) is 29.4. The molecule has 0 fully saturated rings. The second-order valence-electron chi connectivity index (χ2n) is 13.6. The van der Waals surface area contributed by atoms with E-state index >= 15 is 0 Å². The molecule has 0 unspecified atom stereocenters. The summed E-state index contributed by atoms with van der Waals surface area (Å²) in [6, 6.07) is 61.9. The van der Waals surface area contributed by atoms with Gasteiger partial charge in [0, 0.05) is 27.9 Å². The summed E-state index contributed by atoms with van der Waals surface area (Å²) in [6.45, 7) is 0.0160. The van der Waals surface area contributed by atoms with Crippen molar-refractivity contribution in [1.82, 2.24) is 15.0 Å². The van der Waals surface area contributed by atoms with E-state index in [1.807, 2.05) is 24.3 Å². The highest BCUT2D eigenvalue weighted by atomic mass is 15.1. The molecule has 2 aliphatic rings. The van der Waals surface area contributed by atoms with Crippen molar-refractivity contribution >= 4 is 18.0 Å². The average molecular weight is 689 g/mol. The molecule has 1 aromatic heterocycles. The summed E-state index contributed by atoms with van der Waals surface area (Å²) in [5.41, 5.74) is 14.7. The van der Waals surface area contributed by atoms with E-state index in [1.54, 1.807) is 0 Å². The first-order valence-corrected chi connectivity index (χ1v) is 18.3. The smallest absolute Gasteiger partial charge is 0.321 e. The summed E-state index contributed by atoms with van der Waals surface area (Å²) in [7, 11) is 0. The van der Waals surface area contributed by atoms with Crippen molar-refractivity contribution in [2.45, 2.75) is 0 Å². The summed E-state index contributed by atoms with van der Waals surface area (Å²) in [4.78, 5) is 17.7. The SMILES string of the molecule is C1=CB2c3c(-c4ccccc4)cc(-c4ccccc4)cc3-c3ccc(-c4nc(-c5ccccc5)nc(-c5cccc(-c6ccccc6)c5)n4)cc3N2C=C1. The lowest BCUT2D eigenvalue weighted by molar-refractivity contribution is 1.07. The molecule has 0 atom stereocenters. The third kappa shape index (κ3) is 5.73. The minimum atomic E-state index is 0.0160. The van der Waals surface area contributed by atoms with Gasteiger partial charge in [-0.2, -0.15) is 0 Å². The fraction of sp³-hybridized carbons (Fsp3) is 0. The molecule has 0 spiro atoms. The number of rotatable bonds is 6. The summed E-state index contributed by atoms with van der Waals surface area (Å²) in [6.07, 6.45) is 6.47. The number of hydrogen-bond acceptors (Lipinski definition) is 4. The average Bonchev–Trinajstić information content (AvgIpc) is 3.27. The molecule has 5 heteroatoms. The standard InChI is InChI=1S/C49H33BN4/c1-5-16-34(17-6-1)38-24-15-25-39(30-38)48-51-47(37-22-11-4-12-23-37)52-49(53-48)40-26-27-42-44-32-41(35-18-7-2-8-19-35)31-43(36-20-9-3-10-21-36)46(44)50-28-13-14-29-54(50)45(42)33-40/h1-33H. The Bertz CT molecular complexity index is 2710. The minimum Gasteiger partial charge on any atom is -0.383 e. The van der Waals surface area contributed by atoms with Gasteiger partial charge in [-0.15, -0.1) is 0 Å². The normalized spacial score (nSPS) is 12.6. The Balaban J connectivity index is 1.16. The molecule has 7 aromatic carbocycles. The van der Waals surface area contributed by atoms with Crippen LogP contribution >= 0.6 is 0 Å². The Morgan fingerprint density at radius 2 is 0.870 bits per heavy atom. The van der Waals surface area contributed by atoms with Crippen LogP contribution in [0.4, 0.5) is 5.69 Å². The molecule has 0 bridgehead atoms. The van der Waals surface area contributed by atoms with Crippen molar-refractivity contribution in [1.29, 1.82) is 0 Å². The summed E-state index contributed by atoms with van der Waals surface area (Å²) in [5, 5.41) is 0. The van der Waals surface area contributed by atoms with E-state index in [0.717, 1.165) is 33.5 Å². The number of fused-ring (bicyclic) bond motifs is 6. The Morgan fingerprint density at radius 3 is 1.54 bits per heavy atom. The van der Waals surface area contributed by atoms with Crippen LogP contribution in [-0.2, 0) is 0 Å². The topological polar surface area (TPSA) is 41.9 Å². The second-order valence-corrected chi connectivity index (χ2v) is 13.6. The number of hydrogen-bond donors (Lipinski definition) is 0. The van der Waals surface area contributed by atoms with Crippen LogP contribution in [0.25, 0.3) is 78.7 Å². The van der Waals surface area contributed by atoms with Crippen LogP contribution in [0, 0.1) is 0 Å². The fourth-order valence-corrected chi connectivity index (χ4v) is 7.74. The fourth-order valence-electron chi connectivity index (χ4n) is 7.74. The number of aromatic nitrogens is 3. The van der Waals surface area contributed by atoms with E-state index in [9.17, 15) is 0 Å². The van der Waals surface area contributed by atoms with E-state index in [4.69, 9.17) is 15.0 Å². The van der Waals surface area contributed by atoms with Crippen molar-refractivity contribution in [3.8, 4) is 78.7 Å². The monoisotopic (exact) mass is 688 g/mol. The molecule has 0 radical (unpaired) electrons. The van der Waals surface area contributed by atoms with E-state index < -0.39 is 0 Å². The lowest BCUT2D eigenvalue weighted by Crippen LogP contribution is -2.50. The number of allylic oxidation sites excluding steroid dienone is 2. The number of nitrogens with zero attached hydrogens (tertiary/aromatic N) is 4. The Morgan fingerprint density at radius 1 is 0.352 bits per heavy atom. The van der Waals surface area contributed by atoms with E-state index in [0.29, 0.717) is 17.5 Å². The highest BCUT2D eigenvalue weighted by molar-refractivity contribution is 6.85. The molecule has 8 aromatic rings. The van der Waals surface area contributed by atoms with Crippen LogP contribution in [0.1, 0.15) is 0 Å². The molecule has 3 heterocycles. The third-order valence-electron chi connectivity index (χ3n) is 10.3. The van der Waals surface area contributed by atoms with Gasteiger partial charge in [0.25, 0.3) is 0 Å². The zero-order valence-electron chi connectivity index (χ0n) is 29.4. The summed E-state index contributed by atoms with van der Waals surface area (Å²) in [5.74, 6) is 4.21. The molecule has 0 saturated carbocycles. The maximum Gasteiger partial charge on any atom is 0.321 e. The van der Waals surface area contributed by atoms with Crippen LogP contribution in [0.2, 0.25) is 0 Å². The zero-order chi connectivity index (χ0) is 35.8. The second kappa shape index (κ2) is 13.5. The van der Waals surface area contributed by atoms with Crippen LogP contribution < -0.4 is 10.3 Å². The van der Waals surface area contributed by atoms with Crippen LogP contribution in [0.3, 0.4) is 0 Å². The molecule has 4 nitrogen and oxygen atoms in total. The van der Waals surface area contributed by atoms with Gasteiger partial charge in [0.2, 0.25) is 0 Å². The molecule has 54 heavy (non-hydrogen) atoms. The molecule has 0 saturated heterocycles. The molecule has 0 amide bonds. The van der Waals surface area contributed by atoms with Gasteiger partial charge in [0.05, 0.1) is 0 Å². The maximum atomic E-state index is 5.17. The highest BCUT2D eigenvalue weighted by Crippen LogP contribution is 2.43. The first-order chi connectivity index (χ1) is 26.8. The van der Waals surface area contributed by atoms with E-state index in [-0.39, 0.29) is 6.85 Å². The minimum absolute atomic E-state index is 0.0160. The first-order valence-electron chi connectivity index (χ1n) is 18.3. The van der Waals surface area contributed by atoms with Crippen molar-refractivity contribution in [3.63, 3.8) is 0 Å². The lowest BCUT2D eigenvalue weighted by Gasteiger charge is -2.38. The molecule has 252 valence electrons. The predicted octanol–water partition coefficient (Wildman–Crippen LogP) is 11.2. The summed E-state index contributed by atoms with van der Waals surface area (Å²) < 4.78 is 0. The first kappa shape index (κ1) is 31.6. The van der Waals surface area contributed by atoms with E-state index in [1.165, 1.54) is 38.8 Å². The molecule has 2 aliphatic heterocycles. The Labute approximate surface area is 315 Å². The van der Waals surface area contributed by atoms with Crippen LogP contribution in [0.5, 0.6) is 0 Å². The molecule has 0 aliphatic carbocycles. The van der Waals surface area contributed by atoms with Gasteiger partial charge in [-0.1, -0.05) is 164 Å². The molecular formula is C49H33BN4. The van der Waals surface area contributed by atoms with Gasteiger partial charge in [0.15, 0.2) is 17.5 Å². The summed E-state index contributed by atoms with van der Waals surface area (Å²) >= 11 is 0. The van der Waals surface area contributed by atoms with Crippen molar-refractivity contribution < 1.29 is 0 Å². The van der Waals surface area contributed by atoms with Gasteiger partial charge in [-0.25, -0.2) is 15.0 Å². The number of anilines is 1. The Hall–Kier alpha value is -7.11. The molecule has 0 N–H and O–H groups in total. The lowest BCUT2D eigenvalue weighted by atomic mass is 9.48. The van der Waals surface area contributed by atoms with Gasteiger partial charge in [0.1, 0.15) is 0 Å². The van der Waals surface area contributed by atoms with Crippen molar-refractivity contribution in [2.75, 3.05) is 4.81 Å². The highest BCUT2D eigenvalue weighted by Gasteiger charge is 2.36. The quantitative estimate of drug-likeness (QED) is 0.163. The largest absolute Gasteiger partial charge is 0.383 e. The predicted molar refractivity (Wildman–Crippen MR) is 224 cm³/mol. The maximum absolute atomic E-state index is 5.17. The van der Waals surface area contributed by atoms with Gasteiger partial charge >= 0.3 is 6.85 Å². The third-order valence-corrected chi connectivity index (χ3v) is 10.3. The van der Waals surface area contributed by atoms with Crippen LogP contribution in [-0.4, -0.2) is 21.8 Å². The Kier molecular flexibility index (Phi) is 7.88. The van der Waals surface area contributed by atoms with Gasteiger partial charge < -0.3 is 4.81 Å². The van der Waals surface area contributed by atoms with E-state index in [2.05, 4.69) is 181 Å². The number of benzene rings is 7. The molecule has 10 rings (SSSR count). The molecular weight excluding hydrogens is 655 g/mol. The van der Waals surface area contributed by atoms with Gasteiger partial charge in [-0.3, -0.25) is 0 Å². The van der Waals surface area contributed by atoms with Crippen molar-refractivity contribution in [3.05, 3.63) is 200 Å². The van der Waals surface area contributed by atoms with Crippen molar-refractivity contribution in [2.24, 2.45) is 0 Å².